The van der Waals surface area contributed by atoms with E-state index in [1.54, 1.807) is 30.3 Å². The Hall–Kier alpha value is -1.07. The first-order valence-electron chi connectivity index (χ1n) is 4.68. The zero-order valence-corrected chi connectivity index (χ0v) is 10.8. The van der Waals surface area contributed by atoms with Crippen LogP contribution in [0.25, 0.3) is 0 Å². The topological polar surface area (TPSA) is 39.1 Å². The Morgan fingerprint density at radius 2 is 1.69 bits per heavy atom. The van der Waals surface area contributed by atoms with Crippen LogP contribution in [0.1, 0.15) is 5.56 Å². The van der Waals surface area contributed by atoms with Crippen molar-refractivity contribution in [2.75, 3.05) is 0 Å². The zero-order valence-electron chi connectivity index (χ0n) is 8.38. The van der Waals surface area contributed by atoms with Crippen LogP contribution in [-0.4, -0.2) is 12.4 Å². The van der Waals surface area contributed by atoms with Crippen LogP contribution in [0.15, 0.2) is 53.7 Å². The van der Waals surface area contributed by atoms with Crippen molar-refractivity contribution in [3.63, 3.8) is 0 Å². The fraction of sp³-hybridized carbons (Fsp3) is 0.0909. The van der Waals surface area contributed by atoms with Crippen LogP contribution in [0.3, 0.4) is 0 Å². The van der Waals surface area contributed by atoms with Gasteiger partial charge in [-0.05, 0) is 23.8 Å². The molecular weight excluding hydrogens is 290 g/mol. The van der Waals surface area contributed by atoms with Gasteiger partial charge in [-0.3, -0.25) is 0 Å². The molecule has 0 radical (unpaired) electrons. The Balaban J connectivity index is 2.61. The molecule has 0 atom stereocenters. The van der Waals surface area contributed by atoms with Gasteiger partial charge in [-0.1, -0.05) is 34.1 Å². The van der Waals surface area contributed by atoms with Crippen molar-refractivity contribution in [3.8, 4) is 0 Å². The number of alkyl halides is 1. The van der Waals surface area contributed by atoms with Crippen molar-refractivity contribution < 1.29 is 8.42 Å². The second-order valence-corrected chi connectivity index (χ2v) is 5.63. The van der Waals surface area contributed by atoms with E-state index in [1.165, 1.54) is 16.4 Å². The summed E-state index contributed by atoms with van der Waals surface area (Å²) in [7, 11) is -3.45. The number of rotatable bonds is 3. The molecule has 0 saturated heterocycles. The first kappa shape index (κ1) is 11.4. The van der Waals surface area contributed by atoms with Crippen molar-refractivity contribution >= 4 is 26.0 Å². The summed E-state index contributed by atoms with van der Waals surface area (Å²) < 4.78 is 25.7. The van der Waals surface area contributed by atoms with Gasteiger partial charge in [0.25, 0.3) is 10.0 Å². The van der Waals surface area contributed by atoms with Crippen molar-refractivity contribution in [1.82, 2.24) is 3.97 Å². The third kappa shape index (κ3) is 1.92. The van der Waals surface area contributed by atoms with Crippen LogP contribution in [-0.2, 0) is 15.4 Å². The minimum Gasteiger partial charge on any atom is -0.249 e. The van der Waals surface area contributed by atoms with Crippen LogP contribution in [0.4, 0.5) is 0 Å². The number of nitrogens with zero attached hydrogens (tertiary/aromatic N) is 1. The van der Waals surface area contributed by atoms with Crippen molar-refractivity contribution in [1.29, 1.82) is 0 Å². The van der Waals surface area contributed by atoms with E-state index in [-0.39, 0.29) is 0 Å². The van der Waals surface area contributed by atoms with Gasteiger partial charge in [0.15, 0.2) is 0 Å². The molecule has 0 unspecified atom stereocenters. The maximum Gasteiger partial charge on any atom is 0.267 e. The van der Waals surface area contributed by atoms with Crippen LogP contribution in [0.5, 0.6) is 0 Å². The molecule has 0 N–H and O–H groups in total. The summed E-state index contributed by atoms with van der Waals surface area (Å²) in [6.07, 6.45) is 3.06. The summed E-state index contributed by atoms with van der Waals surface area (Å²) in [5.74, 6) is 0. The van der Waals surface area contributed by atoms with Crippen molar-refractivity contribution in [3.05, 3.63) is 54.4 Å². The average molecular weight is 300 g/mol. The highest BCUT2D eigenvalue weighted by Crippen LogP contribution is 2.20. The molecule has 0 bridgehead atoms. The first-order valence-corrected chi connectivity index (χ1v) is 7.25. The highest BCUT2D eigenvalue weighted by atomic mass is 79.9. The lowest BCUT2D eigenvalue weighted by Gasteiger charge is -2.09. The van der Waals surface area contributed by atoms with Gasteiger partial charge < -0.3 is 0 Å². The summed E-state index contributed by atoms with van der Waals surface area (Å²) in [6.45, 7) is 0. The monoisotopic (exact) mass is 299 g/mol. The van der Waals surface area contributed by atoms with E-state index in [4.69, 9.17) is 0 Å². The Kier molecular flexibility index (Phi) is 3.16. The lowest BCUT2D eigenvalue weighted by atomic mass is 10.2. The van der Waals surface area contributed by atoms with Gasteiger partial charge in [-0.2, -0.15) is 0 Å². The Morgan fingerprint density at radius 3 is 2.31 bits per heavy atom. The second-order valence-electron chi connectivity index (χ2n) is 3.26. The fourth-order valence-electron chi connectivity index (χ4n) is 1.46. The molecule has 84 valence electrons. The predicted molar refractivity (Wildman–Crippen MR) is 66.1 cm³/mol. The van der Waals surface area contributed by atoms with Crippen LogP contribution >= 0.6 is 15.9 Å². The quantitative estimate of drug-likeness (QED) is 0.817. The van der Waals surface area contributed by atoms with Gasteiger partial charge in [0.1, 0.15) is 0 Å². The van der Waals surface area contributed by atoms with Crippen molar-refractivity contribution in [2.45, 2.75) is 10.2 Å². The highest BCUT2D eigenvalue weighted by molar-refractivity contribution is 9.08. The highest BCUT2D eigenvalue weighted by Gasteiger charge is 2.18. The predicted octanol–water partition coefficient (Wildman–Crippen LogP) is 2.62. The second kappa shape index (κ2) is 4.43. The molecule has 0 aliphatic carbocycles. The van der Waals surface area contributed by atoms with Crippen molar-refractivity contribution in [2.24, 2.45) is 0 Å². The largest absolute Gasteiger partial charge is 0.267 e. The SMILES string of the molecule is O=S(=O)(c1ccccc1CBr)n1cccc1. The van der Waals surface area contributed by atoms with Gasteiger partial charge in [-0.15, -0.1) is 0 Å². The lowest BCUT2D eigenvalue weighted by Crippen LogP contribution is -2.12. The van der Waals surface area contributed by atoms with Gasteiger partial charge >= 0.3 is 0 Å². The Bertz CT molecular complexity index is 576. The zero-order chi connectivity index (χ0) is 11.6. The number of hydrogen-bond acceptors (Lipinski definition) is 2. The summed E-state index contributed by atoms with van der Waals surface area (Å²) in [5, 5.41) is 0.518. The molecule has 5 heteroatoms. The molecule has 1 heterocycles. The summed E-state index contributed by atoms with van der Waals surface area (Å²) >= 11 is 3.29. The van der Waals surface area contributed by atoms with E-state index in [0.29, 0.717) is 10.2 Å². The molecule has 2 aromatic rings. The molecule has 1 aromatic carbocycles. The molecule has 1 aromatic heterocycles. The van der Waals surface area contributed by atoms with E-state index in [0.717, 1.165) is 5.56 Å². The summed E-state index contributed by atoms with van der Waals surface area (Å²) in [5.41, 5.74) is 0.760. The summed E-state index contributed by atoms with van der Waals surface area (Å²) in [6, 6.07) is 10.3. The van der Waals surface area contributed by atoms with Gasteiger partial charge in [0.05, 0.1) is 4.90 Å². The smallest absolute Gasteiger partial charge is 0.249 e. The number of halogens is 1. The molecule has 0 aliphatic rings. The minimum atomic E-state index is -3.45. The third-order valence-electron chi connectivity index (χ3n) is 2.25. The Morgan fingerprint density at radius 1 is 1.06 bits per heavy atom. The van der Waals surface area contributed by atoms with E-state index in [1.807, 2.05) is 6.07 Å². The van der Waals surface area contributed by atoms with E-state index in [9.17, 15) is 8.42 Å². The molecule has 0 aliphatic heterocycles. The third-order valence-corrected chi connectivity index (χ3v) is 4.61. The lowest BCUT2D eigenvalue weighted by molar-refractivity contribution is 0.587. The van der Waals surface area contributed by atoms with Crippen LogP contribution in [0, 0.1) is 0 Å². The Labute approximate surface area is 103 Å². The molecule has 0 fully saturated rings. The maximum absolute atomic E-state index is 12.2. The van der Waals surface area contributed by atoms with E-state index in [2.05, 4.69) is 15.9 Å². The standard InChI is InChI=1S/C11H10BrNO2S/c12-9-10-5-1-2-6-11(10)16(14,15)13-7-3-4-8-13/h1-8H,9H2. The number of hydrogen-bond donors (Lipinski definition) is 0. The normalized spacial score (nSPS) is 11.6. The van der Waals surface area contributed by atoms with Crippen LogP contribution < -0.4 is 0 Å². The minimum absolute atomic E-state index is 0.336. The van der Waals surface area contributed by atoms with E-state index >= 15 is 0 Å². The maximum atomic E-state index is 12.2. The molecule has 2 rings (SSSR count). The van der Waals surface area contributed by atoms with Gasteiger partial charge in [-0.25, -0.2) is 12.4 Å². The molecule has 3 nitrogen and oxygen atoms in total. The van der Waals surface area contributed by atoms with E-state index < -0.39 is 10.0 Å². The summed E-state index contributed by atoms with van der Waals surface area (Å²) in [4.78, 5) is 0.336. The van der Waals surface area contributed by atoms with Gasteiger partial charge in [0, 0.05) is 17.7 Å². The molecular formula is C11H10BrNO2S. The molecule has 0 amide bonds. The first-order chi connectivity index (χ1) is 7.66. The van der Waals surface area contributed by atoms with Crippen LogP contribution in [0.2, 0.25) is 0 Å². The number of aromatic nitrogens is 1. The van der Waals surface area contributed by atoms with Gasteiger partial charge in [0.2, 0.25) is 0 Å². The molecule has 0 saturated carbocycles. The average Bonchev–Trinajstić information content (AvgIpc) is 2.83. The number of benzene rings is 1. The molecule has 16 heavy (non-hydrogen) atoms. The molecule has 0 spiro atoms. The fourth-order valence-corrected chi connectivity index (χ4v) is 3.54.